The maximum Gasteiger partial charge on any atom is 0.264 e. The first-order chi connectivity index (χ1) is 5.10. The van der Waals surface area contributed by atoms with E-state index in [9.17, 15) is 13.5 Å². The number of hydrogen-bond donors (Lipinski definition) is 1. The van der Waals surface area contributed by atoms with E-state index in [4.69, 9.17) is 0 Å². The third-order valence-electron chi connectivity index (χ3n) is 1.13. The zero-order valence-electron chi connectivity index (χ0n) is 7.86. The van der Waals surface area contributed by atoms with Gasteiger partial charge in [-0.2, -0.15) is 8.42 Å². The van der Waals surface area contributed by atoms with Gasteiger partial charge in [-0.3, -0.25) is 4.18 Å². The van der Waals surface area contributed by atoms with Crippen LogP contribution in [0.5, 0.6) is 0 Å². The van der Waals surface area contributed by atoms with Gasteiger partial charge in [-0.05, 0) is 20.8 Å². The molecule has 1 N–H and O–H groups in total. The van der Waals surface area contributed by atoms with Crippen LogP contribution in [0.2, 0.25) is 0 Å². The van der Waals surface area contributed by atoms with Crippen LogP contribution in [-0.2, 0) is 14.3 Å². The van der Waals surface area contributed by atoms with Crippen molar-refractivity contribution in [1.82, 2.24) is 0 Å². The van der Waals surface area contributed by atoms with Crippen molar-refractivity contribution < 1.29 is 17.7 Å². The molecule has 0 spiro atoms. The summed E-state index contributed by atoms with van der Waals surface area (Å²) in [6.45, 7) is 4.82. The Morgan fingerprint density at radius 3 is 2.17 bits per heavy atom. The van der Waals surface area contributed by atoms with E-state index in [-0.39, 0.29) is 0 Å². The highest BCUT2D eigenvalue weighted by Crippen LogP contribution is 2.13. The summed E-state index contributed by atoms with van der Waals surface area (Å²) >= 11 is 0. The second-order valence-electron chi connectivity index (χ2n) is 3.63. The van der Waals surface area contributed by atoms with Crippen LogP contribution in [0.15, 0.2) is 0 Å². The molecule has 0 aliphatic carbocycles. The van der Waals surface area contributed by atoms with Crippen molar-refractivity contribution in [2.45, 2.75) is 38.9 Å². The second kappa shape index (κ2) is 3.72. The molecule has 0 heterocycles. The lowest BCUT2D eigenvalue weighted by molar-refractivity contribution is 0.0345. The number of hydrogen-bond acceptors (Lipinski definition) is 4. The molecule has 0 bridgehead atoms. The fraction of sp³-hybridized carbons (Fsp3) is 1.00. The summed E-state index contributed by atoms with van der Waals surface area (Å²) in [5.74, 6) is 0. The van der Waals surface area contributed by atoms with E-state index in [0.29, 0.717) is 6.42 Å². The molecule has 0 aliphatic heterocycles. The molecule has 0 amide bonds. The molecular weight excluding hydrogens is 180 g/mol. The molecule has 0 fully saturated rings. The van der Waals surface area contributed by atoms with Crippen LogP contribution in [0.1, 0.15) is 27.2 Å². The van der Waals surface area contributed by atoms with Crippen LogP contribution in [0.25, 0.3) is 0 Å². The van der Waals surface area contributed by atoms with Crippen LogP contribution >= 0.6 is 0 Å². The average molecular weight is 196 g/mol. The molecular formula is C7H16O4S. The predicted octanol–water partition coefficient (Wildman–Crippen LogP) is 0.512. The normalized spacial score (nSPS) is 16.1. The number of aliphatic hydroxyl groups is 1. The lowest BCUT2D eigenvalue weighted by atomic mass is 10.0. The molecule has 0 aliphatic rings. The minimum atomic E-state index is -3.41. The van der Waals surface area contributed by atoms with E-state index < -0.39 is 21.8 Å². The molecule has 0 aromatic carbocycles. The van der Waals surface area contributed by atoms with E-state index >= 15 is 0 Å². The van der Waals surface area contributed by atoms with Crippen molar-refractivity contribution >= 4 is 10.1 Å². The highest BCUT2D eigenvalue weighted by Gasteiger charge is 2.20. The van der Waals surface area contributed by atoms with Gasteiger partial charge in [-0.1, -0.05) is 0 Å². The summed E-state index contributed by atoms with van der Waals surface area (Å²) in [4.78, 5) is 0. The maximum atomic E-state index is 10.6. The first kappa shape index (κ1) is 11.9. The average Bonchev–Trinajstić information content (AvgIpc) is 1.49. The van der Waals surface area contributed by atoms with Gasteiger partial charge in [0.25, 0.3) is 10.1 Å². The summed E-state index contributed by atoms with van der Waals surface area (Å²) in [5.41, 5.74) is -0.899. The van der Waals surface area contributed by atoms with Gasteiger partial charge in [0, 0.05) is 6.42 Å². The molecule has 0 aromatic heterocycles. The van der Waals surface area contributed by atoms with Crippen molar-refractivity contribution in [2.75, 3.05) is 6.26 Å². The van der Waals surface area contributed by atoms with E-state index in [0.717, 1.165) is 6.26 Å². The summed E-state index contributed by atoms with van der Waals surface area (Å²) in [7, 11) is -3.41. The van der Waals surface area contributed by atoms with Crippen molar-refractivity contribution in [2.24, 2.45) is 0 Å². The quantitative estimate of drug-likeness (QED) is 0.665. The van der Waals surface area contributed by atoms with E-state index in [1.165, 1.54) is 0 Å². The standard InChI is InChI=1S/C7H16O4S/c1-6(5-7(2,3)8)11-12(4,9)10/h6,8H,5H2,1-4H3/t6-/m1/s1. The van der Waals surface area contributed by atoms with Crippen molar-refractivity contribution in [3.05, 3.63) is 0 Å². The molecule has 0 saturated carbocycles. The Morgan fingerprint density at radius 2 is 1.92 bits per heavy atom. The molecule has 0 rings (SSSR count). The van der Waals surface area contributed by atoms with Gasteiger partial charge < -0.3 is 5.11 Å². The molecule has 0 unspecified atom stereocenters. The van der Waals surface area contributed by atoms with Crippen molar-refractivity contribution in [1.29, 1.82) is 0 Å². The van der Waals surface area contributed by atoms with Crippen LogP contribution in [0, 0.1) is 0 Å². The Labute approximate surface area is 73.7 Å². The molecule has 12 heavy (non-hydrogen) atoms. The third-order valence-corrected chi connectivity index (χ3v) is 1.80. The fourth-order valence-corrected chi connectivity index (χ4v) is 1.70. The summed E-state index contributed by atoms with van der Waals surface area (Å²) in [6, 6.07) is 0. The first-order valence-corrected chi connectivity index (χ1v) is 5.52. The fourth-order valence-electron chi connectivity index (χ4n) is 1.04. The highest BCUT2D eigenvalue weighted by molar-refractivity contribution is 7.86. The largest absolute Gasteiger partial charge is 0.390 e. The Balaban J connectivity index is 4.00. The first-order valence-electron chi connectivity index (χ1n) is 3.71. The number of rotatable bonds is 4. The third kappa shape index (κ3) is 7.97. The lowest BCUT2D eigenvalue weighted by Crippen LogP contribution is -2.27. The summed E-state index contributed by atoms with van der Waals surface area (Å²) in [5, 5.41) is 9.31. The zero-order valence-corrected chi connectivity index (χ0v) is 8.68. The predicted molar refractivity (Wildman–Crippen MR) is 46.3 cm³/mol. The molecule has 1 atom stereocenters. The van der Waals surface area contributed by atoms with Crippen LogP contribution < -0.4 is 0 Å². The molecule has 0 radical (unpaired) electrons. The van der Waals surface area contributed by atoms with Crippen LogP contribution in [0.3, 0.4) is 0 Å². The minimum Gasteiger partial charge on any atom is -0.390 e. The zero-order chi connectivity index (χ0) is 9.99. The Hall–Kier alpha value is -0.130. The Kier molecular flexibility index (Phi) is 3.68. The highest BCUT2D eigenvalue weighted by atomic mass is 32.2. The van der Waals surface area contributed by atoms with Gasteiger partial charge >= 0.3 is 0 Å². The SMILES string of the molecule is C[C@H](CC(C)(C)O)OS(C)(=O)=O. The van der Waals surface area contributed by atoms with E-state index in [2.05, 4.69) is 4.18 Å². The van der Waals surface area contributed by atoms with Gasteiger partial charge in [-0.15, -0.1) is 0 Å². The second-order valence-corrected chi connectivity index (χ2v) is 5.23. The van der Waals surface area contributed by atoms with Gasteiger partial charge in [0.05, 0.1) is 18.0 Å². The van der Waals surface area contributed by atoms with Gasteiger partial charge in [0.1, 0.15) is 0 Å². The van der Waals surface area contributed by atoms with Crippen molar-refractivity contribution in [3.8, 4) is 0 Å². The van der Waals surface area contributed by atoms with Crippen LogP contribution in [0.4, 0.5) is 0 Å². The Bertz CT molecular complexity index is 224. The van der Waals surface area contributed by atoms with E-state index in [1.807, 2.05) is 0 Å². The smallest absolute Gasteiger partial charge is 0.264 e. The molecule has 0 aromatic rings. The topological polar surface area (TPSA) is 63.6 Å². The minimum absolute atomic E-state index is 0.292. The van der Waals surface area contributed by atoms with Gasteiger partial charge in [-0.25, -0.2) is 0 Å². The molecule has 5 heteroatoms. The van der Waals surface area contributed by atoms with Crippen molar-refractivity contribution in [3.63, 3.8) is 0 Å². The Morgan fingerprint density at radius 1 is 1.50 bits per heavy atom. The molecule has 4 nitrogen and oxygen atoms in total. The van der Waals surface area contributed by atoms with Gasteiger partial charge in [0.15, 0.2) is 0 Å². The molecule has 0 saturated heterocycles. The van der Waals surface area contributed by atoms with Crippen LogP contribution in [-0.4, -0.2) is 31.5 Å². The summed E-state index contributed by atoms with van der Waals surface area (Å²) < 4.78 is 25.9. The summed E-state index contributed by atoms with van der Waals surface area (Å²) in [6.07, 6.45) is 0.800. The molecule has 74 valence electrons. The monoisotopic (exact) mass is 196 g/mol. The van der Waals surface area contributed by atoms with E-state index in [1.54, 1.807) is 20.8 Å². The lowest BCUT2D eigenvalue weighted by Gasteiger charge is -2.21. The maximum absolute atomic E-state index is 10.6. The van der Waals surface area contributed by atoms with Gasteiger partial charge in [0.2, 0.25) is 0 Å².